The fourth-order valence-corrected chi connectivity index (χ4v) is 1.58. The first-order valence-corrected chi connectivity index (χ1v) is 5.66. The molecule has 0 aromatic heterocycles. The summed E-state index contributed by atoms with van der Waals surface area (Å²) < 4.78 is 5.18. The first kappa shape index (κ1) is 13.7. The smallest absolute Gasteiger partial charge is 0.0673 e. The molecule has 0 unspecified atom stereocenters. The molecule has 0 atom stereocenters. The van der Waals surface area contributed by atoms with Crippen LogP contribution in [0.5, 0.6) is 0 Å². The summed E-state index contributed by atoms with van der Waals surface area (Å²) in [4.78, 5) is 0. The van der Waals surface area contributed by atoms with Crippen molar-refractivity contribution >= 4 is 0 Å². The number of hydrogen-bond acceptors (Lipinski definition) is 2. The summed E-state index contributed by atoms with van der Waals surface area (Å²) in [6, 6.07) is 0. The van der Waals surface area contributed by atoms with Crippen LogP contribution in [0.15, 0.2) is 11.6 Å². The van der Waals surface area contributed by atoms with Gasteiger partial charge < -0.3 is 10.5 Å². The number of allylic oxidation sites excluding steroid dienone is 1. The Morgan fingerprint density at radius 1 is 1.36 bits per heavy atom. The second kappa shape index (κ2) is 9.22. The van der Waals surface area contributed by atoms with Crippen LogP contribution in [-0.2, 0) is 4.74 Å². The van der Waals surface area contributed by atoms with Gasteiger partial charge >= 0.3 is 0 Å². The standard InChI is InChI=1S/C12H25NO/c1-4-11(5-2)9-12(10-14-3)7-6-8-13/h9,11H,4-8,10,13H2,1-3H3/b12-9-. The van der Waals surface area contributed by atoms with Crippen molar-refractivity contribution in [1.29, 1.82) is 0 Å². The molecular weight excluding hydrogens is 174 g/mol. The zero-order valence-corrected chi connectivity index (χ0v) is 9.88. The van der Waals surface area contributed by atoms with E-state index in [4.69, 9.17) is 10.5 Å². The Hall–Kier alpha value is -0.340. The van der Waals surface area contributed by atoms with E-state index in [1.54, 1.807) is 7.11 Å². The van der Waals surface area contributed by atoms with Crippen LogP contribution in [0.2, 0.25) is 0 Å². The lowest BCUT2D eigenvalue weighted by atomic mass is 9.98. The average molecular weight is 199 g/mol. The summed E-state index contributed by atoms with van der Waals surface area (Å²) in [6.07, 6.45) is 6.95. The minimum Gasteiger partial charge on any atom is -0.380 e. The molecule has 0 saturated heterocycles. The molecule has 84 valence electrons. The summed E-state index contributed by atoms with van der Waals surface area (Å²) in [5.74, 6) is 0.706. The molecule has 0 aromatic rings. The molecule has 0 bridgehead atoms. The zero-order chi connectivity index (χ0) is 10.8. The Labute approximate surface area is 88.5 Å². The quantitative estimate of drug-likeness (QED) is 0.610. The fourth-order valence-electron chi connectivity index (χ4n) is 1.58. The maximum Gasteiger partial charge on any atom is 0.0673 e. The first-order valence-electron chi connectivity index (χ1n) is 5.66. The van der Waals surface area contributed by atoms with Gasteiger partial charge in [0.25, 0.3) is 0 Å². The number of hydrogen-bond donors (Lipinski definition) is 1. The van der Waals surface area contributed by atoms with Gasteiger partial charge in [-0.05, 0) is 43.7 Å². The van der Waals surface area contributed by atoms with Gasteiger partial charge in [-0.1, -0.05) is 19.9 Å². The lowest BCUT2D eigenvalue weighted by molar-refractivity contribution is 0.222. The van der Waals surface area contributed by atoms with Gasteiger partial charge in [0, 0.05) is 7.11 Å². The third kappa shape index (κ3) is 6.17. The van der Waals surface area contributed by atoms with Gasteiger partial charge in [-0.2, -0.15) is 0 Å². The summed E-state index contributed by atoms with van der Waals surface area (Å²) in [5.41, 5.74) is 6.91. The molecule has 0 aliphatic heterocycles. The highest BCUT2D eigenvalue weighted by molar-refractivity contribution is 5.04. The van der Waals surface area contributed by atoms with Gasteiger partial charge in [-0.3, -0.25) is 0 Å². The molecule has 0 amide bonds. The Balaban J connectivity index is 4.13. The van der Waals surface area contributed by atoms with Crippen LogP contribution >= 0.6 is 0 Å². The third-order valence-corrected chi connectivity index (χ3v) is 2.55. The van der Waals surface area contributed by atoms with Gasteiger partial charge in [0.2, 0.25) is 0 Å². The van der Waals surface area contributed by atoms with E-state index in [0.717, 1.165) is 26.0 Å². The van der Waals surface area contributed by atoms with E-state index in [9.17, 15) is 0 Å². The second-order valence-corrected chi connectivity index (χ2v) is 3.73. The summed E-state index contributed by atoms with van der Waals surface area (Å²) in [5, 5.41) is 0. The van der Waals surface area contributed by atoms with Gasteiger partial charge in [-0.25, -0.2) is 0 Å². The monoisotopic (exact) mass is 199 g/mol. The molecule has 0 heterocycles. The largest absolute Gasteiger partial charge is 0.380 e. The van der Waals surface area contributed by atoms with Gasteiger partial charge in [0.1, 0.15) is 0 Å². The van der Waals surface area contributed by atoms with Crippen LogP contribution in [0, 0.1) is 5.92 Å². The highest BCUT2D eigenvalue weighted by Gasteiger charge is 2.02. The van der Waals surface area contributed by atoms with Crippen molar-refractivity contribution in [2.45, 2.75) is 39.5 Å². The lowest BCUT2D eigenvalue weighted by Crippen LogP contribution is -2.04. The molecule has 0 saturated carbocycles. The van der Waals surface area contributed by atoms with Crippen molar-refractivity contribution in [2.75, 3.05) is 20.3 Å². The van der Waals surface area contributed by atoms with E-state index < -0.39 is 0 Å². The van der Waals surface area contributed by atoms with E-state index in [2.05, 4.69) is 19.9 Å². The maximum atomic E-state index is 5.50. The Kier molecular flexibility index (Phi) is 9.00. The first-order chi connectivity index (χ1) is 6.78. The number of methoxy groups -OCH3 is 1. The van der Waals surface area contributed by atoms with Crippen molar-refractivity contribution in [3.05, 3.63) is 11.6 Å². The summed E-state index contributed by atoms with van der Waals surface area (Å²) >= 11 is 0. The molecule has 0 fully saturated rings. The lowest BCUT2D eigenvalue weighted by Gasteiger charge is -2.11. The molecule has 2 N–H and O–H groups in total. The SMILES string of the molecule is CCC(/C=C(/CCCN)COC)CC. The van der Waals surface area contributed by atoms with Crippen LogP contribution in [-0.4, -0.2) is 20.3 Å². The highest BCUT2D eigenvalue weighted by atomic mass is 16.5. The minimum absolute atomic E-state index is 0.706. The minimum atomic E-state index is 0.706. The Morgan fingerprint density at radius 2 is 2.00 bits per heavy atom. The topological polar surface area (TPSA) is 35.2 Å². The highest BCUT2D eigenvalue weighted by Crippen LogP contribution is 2.15. The van der Waals surface area contributed by atoms with Gasteiger partial charge in [-0.15, -0.1) is 0 Å². The molecule has 0 rings (SSSR count). The van der Waals surface area contributed by atoms with Crippen molar-refractivity contribution in [3.63, 3.8) is 0 Å². The molecule has 0 aliphatic rings. The van der Waals surface area contributed by atoms with E-state index in [-0.39, 0.29) is 0 Å². The average Bonchev–Trinajstić information content (AvgIpc) is 2.22. The van der Waals surface area contributed by atoms with E-state index in [0.29, 0.717) is 5.92 Å². The maximum absolute atomic E-state index is 5.50. The molecule has 0 aliphatic carbocycles. The van der Waals surface area contributed by atoms with E-state index in [1.807, 2.05) is 0 Å². The normalized spacial score (nSPS) is 12.5. The fraction of sp³-hybridized carbons (Fsp3) is 0.833. The molecule has 0 aromatic carbocycles. The number of rotatable bonds is 8. The van der Waals surface area contributed by atoms with Gasteiger partial charge in [0.05, 0.1) is 6.61 Å². The Morgan fingerprint density at radius 3 is 2.43 bits per heavy atom. The number of ether oxygens (including phenoxy) is 1. The van der Waals surface area contributed by atoms with Crippen LogP contribution in [0.25, 0.3) is 0 Å². The van der Waals surface area contributed by atoms with E-state index >= 15 is 0 Å². The predicted octanol–water partition coefficient (Wildman–Crippen LogP) is 2.73. The molecular formula is C12H25NO. The van der Waals surface area contributed by atoms with Gasteiger partial charge in [0.15, 0.2) is 0 Å². The van der Waals surface area contributed by atoms with Crippen LogP contribution < -0.4 is 5.73 Å². The third-order valence-electron chi connectivity index (χ3n) is 2.55. The van der Waals surface area contributed by atoms with Crippen molar-refractivity contribution in [3.8, 4) is 0 Å². The molecule has 14 heavy (non-hydrogen) atoms. The molecule has 0 radical (unpaired) electrons. The molecule has 2 nitrogen and oxygen atoms in total. The molecule has 0 spiro atoms. The molecule has 2 heteroatoms. The van der Waals surface area contributed by atoms with Crippen LogP contribution in [0.3, 0.4) is 0 Å². The summed E-state index contributed by atoms with van der Waals surface area (Å²) in [7, 11) is 1.75. The predicted molar refractivity (Wildman–Crippen MR) is 62.3 cm³/mol. The number of nitrogens with two attached hydrogens (primary N) is 1. The summed E-state index contributed by atoms with van der Waals surface area (Å²) in [6.45, 7) is 6.00. The second-order valence-electron chi connectivity index (χ2n) is 3.73. The van der Waals surface area contributed by atoms with Crippen molar-refractivity contribution < 1.29 is 4.74 Å². The van der Waals surface area contributed by atoms with Crippen LogP contribution in [0.4, 0.5) is 0 Å². The Bertz CT molecular complexity index is 150. The van der Waals surface area contributed by atoms with Crippen molar-refractivity contribution in [2.24, 2.45) is 11.7 Å². The van der Waals surface area contributed by atoms with E-state index in [1.165, 1.54) is 18.4 Å². The van der Waals surface area contributed by atoms with Crippen molar-refractivity contribution in [1.82, 2.24) is 0 Å². The zero-order valence-electron chi connectivity index (χ0n) is 9.88. The van der Waals surface area contributed by atoms with Crippen LogP contribution in [0.1, 0.15) is 39.5 Å².